The van der Waals surface area contributed by atoms with E-state index in [4.69, 9.17) is 0 Å². The molecule has 0 saturated carbocycles. The second kappa shape index (κ2) is 5.73. The molecule has 0 amide bonds. The van der Waals surface area contributed by atoms with Crippen LogP contribution in [0.4, 0.5) is 0 Å². The van der Waals surface area contributed by atoms with Gasteiger partial charge in [0, 0.05) is 46.4 Å². The van der Waals surface area contributed by atoms with Crippen LogP contribution in [0.15, 0.2) is 35.2 Å². The van der Waals surface area contributed by atoms with Crippen LogP contribution in [0.1, 0.15) is 0 Å². The van der Waals surface area contributed by atoms with E-state index in [1.165, 1.54) is 6.26 Å². The third-order valence-corrected chi connectivity index (χ3v) is 2.30. The molecule has 1 aromatic rings. The van der Waals surface area contributed by atoms with Gasteiger partial charge in [0.05, 0.1) is 4.90 Å². The summed E-state index contributed by atoms with van der Waals surface area (Å²) >= 11 is 0. The molecule has 0 bridgehead atoms. The second-order valence-electron chi connectivity index (χ2n) is 2.09. The van der Waals surface area contributed by atoms with Gasteiger partial charge in [0.15, 0.2) is 9.84 Å². The zero-order chi connectivity index (χ0) is 7.61. The maximum atomic E-state index is 10.8. The summed E-state index contributed by atoms with van der Waals surface area (Å²) < 4.78 is 21.7. The van der Waals surface area contributed by atoms with E-state index in [-0.39, 0.29) is 40.1 Å². The molecule has 0 aliphatic heterocycles. The second-order valence-corrected chi connectivity index (χ2v) is 4.10. The molecule has 2 nitrogen and oxygen atoms in total. The topological polar surface area (TPSA) is 34.1 Å². The molecular formula is C8H11O2SY+. The summed E-state index contributed by atoms with van der Waals surface area (Å²) in [6.07, 6.45) is 1.20. The Morgan fingerprint density at radius 1 is 1.08 bits per heavy atom. The van der Waals surface area contributed by atoms with Crippen LogP contribution in [-0.4, -0.2) is 14.7 Å². The molecule has 0 N–H and O–H groups in total. The molecule has 0 spiro atoms. The van der Waals surface area contributed by atoms with E-state index in [2.05, 4.69) is 0 Å². The molecule has 0 atom stereocenters. The van der Waals surface area contributed by atoms with E-state index in [0.29, 0.717) is 4.90 Å². The minimum absolute atomic E-state index is 0. The van der Waals surface area contributed by atoms with Gasteiger partial charge in [0.2, 0.25) is 0 Å². The molecule has 0 fully saturated rings. The van der Waals surface area contributed by atoms with Crippen LogP contribution >= 0.6 is 0 Å². The van der Waals surface area contributed by atoms with Crippen molar-refractivity contribution in [2.45, 2.75) is 4.90 Å². The number of rotatable bonds is 1. The standard InChI is InChI=1S/C7H8O2S.CH3.Y/c1-10(8,9)7-5-3-2-4-6-7;;/h2-6H,1H3;1H3;/q;+1;. The van der Waals surface area contributed by atoms with Crippen molar-refractivity contribution in [3.8, 4) is 0 Å². The van der Waals surface area contributed by atoms with Crippen molar-refractivity contribution in [1.82, 2.24) is 0 Å². The van der Waals surface area contributed by atoms with Crippen LogP contribution in [0.25, 0.3) is 0 Å². The minimum Gasteiger partial charge on any atom is -0.224 e. The first-order valence-corrected chi connectivity index (χ1v) is 4.75. The number of hydrogen-bond acceptors (Lipinski definition) is 2. The Morgan fingerprint density at radius 3 is 1.75 bits per heavy atom. The van der Waals surface area contributed by atoms with Gasteiger partial charge >= 0.3 is 0 Å². The quantitative estimate of drug-likeness (QED) is 0.718. The Morgan fingerprint density at radius 2 is 1.50 bits per heavy atom. The maximum absolute atomic E-state index is 10.8. The molecule has 0 saturated heterocycles. The summed E-state index contributed by atoms with van der Waals surface area (Å²) in [5, 5.41) is 0. The van der Waals surface area contributed by atoms with Crippen LogP contribution in [-0.2, 0) is 42.5 Å². The third-order valence-electron chi connectivity index (χ3n) is 1.17. The molecule has 0 unspecified atom stereocenters. The Balaban J connectivity index is 0. The van der Waals surface area contributed by atoms with Crippen molar-refractivity contribution in [3.63, 3.8) is 0 Å². The average Bonchev–Trinajstić information content (AvgIpc) is 1.88. The number of hydrogen-bond donors (Lipinski definition) is 0. The van der Waals surface area contributed by atoms with Crippen LogP contribution in [0.3, 0.4) is 0 Å². The van der Waals surface area contributed by atoms with Gasteiger partial charge in [0.25, 0.3) is 0 Å². The Labute approximate surface area is 99.2 Å². The summed E-state index contributed by atoms with van der Waals surface area (Å²) in [7, 11) is -3.00. The number of benzene rings is 1. The summed E-state index contributed by atoms with van der Waals surface area (Å²) in [4.78, 5) is 0.370. The van der Waals surface area contributed by atoms with E-state index >= 15 is 0 Å². The van der Waals surface area contributed by atoms with Crippen LogP contribution in [0, 0.1) is 7.43 Å². The van der Waals surface area contributed by atoms with Crippen molar-refractivity contribution in [2.75, 3.05) is 6.26 Å². The van der Waals surface area contributed by atoms with E-state index < -0.39 is 9.84 Å². The average molecular weight is 260 g/mol. The van der Waals surface area contributed by atoms with Crippen molar-refractivity contribution in [3.05, 3.63) is 37.8 Å². The largest absolute Gasteiger partial charge is 0.224 e. The normalized spacial score (nSPS) is 9.42. The van der Waals surface area contributed by atoms with Crippen molar-refractivity contribution < 1.29 is 41.1 Å². The Hall–Kier alpha value is 0.144. The first-order valence-electron chi connectivity index (χ1n) is 2.86. The summed E-state index contributed by atoms with van der Waals surface area (Å²) in [5.41, 5.74) is 0. The van der Waals surface area contributed by atoms with Crippen molar-refractivity contribution in [2.24, 2.45) is 0 Å². The van der Waals surface area contributed by atoms with Crippen LogP contribution in [0.5, 0.6) is 0 Å². The van der Waals surface area contributed by atoms with E-state index in [9.17, 15) is 8.42 Å². The molecule has 0 aliphatic carbocycles. The SMILES string of the molecule is CS(=O)(=O)c1ccccc1.[CH3+].[Y]. The van der Waals surface area contributed by atoms with Crippen LogP contribution < -0.4 is 0 Å². The predicted molar refractivity (Wildman–Crippen MR) is 46.0 cm³/mol. The van der Waals surface area contributed by atoms with Crippen molar-refractivity contribution in [1.29, 1.82) is 0 Å². The first kappa shape index (κ1) is 14.7. The molecule has 1 aromatic carbocycles. The first-order chi connectivity index (χ1) is 4.61. The molecule has 63 valence electrons. The fourth-order valence-electron chi connectivity index (χ4n) is 0.668. The van der Waals surface area contributed by atoms with E-state index in [0.717, 1.165) is 0 Å². The molecule has 0 aromatic heterocycles. The van der Waals surface area contributed by atoms with Gasteiger partial charge in [-0.25, -0.2) is 8.42 Å². The van der Waals surface area contributed by atoms with Crippen LogP contribution in [0.2, 0.25) is 0 Å². The van der Waals surface area contributed by atoms with Gasteiger partial charge < -0.3 is 0 Å². The van der Waals surface area contributed by atoms with E-state index in [1.54, 1.807) is 30.3 Å². The Kier molecular flexibility index (Phi) is 7.00. The summed E-state index contributed by atoms with van der Waals surface area (Å²) in [5.74, 6) is 0. The van der Waals surface area contributed by atoms with Gasteiger partial charge in [-0.2, -0.15) is 0 Å². The molecular weight excluding hydrogens is 249 g/mol. The number of sulfone groups is 1. The smallest absolute Gasteiger partial charge is 0.175 e. The molecule has 0 heterocycles. The van der Waals surface area contributed by atoms with Gasteiger partial charge in [-0.3, -0.25) is 0 Å². The zero-order valence-electron chi connectivity index (χ0n) is 7.19. The van der Waals surface area contributed by atoms with Gasteiger partial charge in [-0.15, -0.1) is 0 Å². The Bertz CT molecular complexity index is 305. The third kappa shape index (κ3) is 4.24. The van der Waals surface area contributed by atoms with Gasteiger partial charge in [0.1, 0.15) is 0 Å². The van der Waals surface area contributed by atoms with Crippen molar-refractivity contribution >= 4 is 9.84 Å². The monoisotopic (exact) mass is 260 g/mol. The van der Waals surface area contributed by atoms with Gasteiger partial charge in [-0.05, 0) is 12.1 Å². The van der Waals surface area contributed by atoms with E-state index in [1.807, 2.05) is 0 Å². The minimum atomic E-state index is -3.00. The fourth-order valence-corrected chi connectivity index (χ4v) is 1.32. The van der Waals surface area contributed by atoms with Gasteiger partial charge in [-0.1, -0.05) is 18.2 Å². The molecule has 1 radical (unpaired) electrons. The zero-order valence-corrected chi connectivity index (χ0v) is 10.8. The summed E-state index contributed by atoms with van der Waals surface area (Å²) in [6.45, 7) is 0. The molecule has 4 heteroatoms. The molecule has 1 rings (SSSR count). The summed E-state index contributed by atoms with van der Waals surface area (Å²) in [6, 6.07) is 8.35. The predicted octanol–water partition coefficient (Wildman–Crippen LogP) is 1.54. The fraction of sp³-hybridized carbons (Fsp3) is 0.125. The molecule has 12 heavy (non-hydrogen) atoms. The maximum Gasteiger partial charge on any atom is 0.175 e. The molecule has 0 aliphatic rings.